The molecule has 1 fully saturated rings. The molecule has 0 spiro atoms. The largest absolute Gasteiger partial charge is 0.489 e. The van der Waals surface area contributed by atoms with E-state index in [4.69, 9.17) is 26.2 Å². The zero-order valence-corrected chi connectivity index (χ0v) is 19.3. The average molecular weight is 491 g/mol. The van der Waals surface area contributed by atoms with Crippen LogP contribution in [0.2, 0.25) is 5.02 Å². The zero-order valence-electron chi connectivity index (χ0n) is 17.7. The number of rotatable bonds is 11. The van der Waals surface area contributed by atoms with Gasteiger partial charge in [-0.2, -0.15) is 0 Å². The van der Waals surface area contributed by atoms with Gasteiger partial charge in [-0.1, -0.05) is 47.6 Å². The third-order valence-corrected chi connectivity index (χ3v) is 6.32. The van der Waals surface area contributed by atoms with Crippen LogP contribution in [-0.4, -0.2) is 39.8 Å². The van der Waals surface area contributed by atoms with Gasteiger partial charge in [-0.15, -0.1) is 0 Å². The lowest BCUT2D eigenvalue weighted by molar-refractivity contribution is -0.151. The van der Waals surface area contributed by atoms with E-state index < -0.39 is 18.0 Å². The van der Waals surface area contributed by atoms with Gasteiger partial charge in [0.15, 0.2) is 17.0 Å². The number of carboxylic acids is 1. The van der Waals surface area contributed by atoms with Crippen molar-refractivity contribution in [2.75, 3.05) is 6.61 Å². The molecule has 1 N–H and O–H groups in total. The zero-order chi connectivity index (χ0) is 23.8. The summed E-state index contributed by atoms with van der Waals surface area (Å²) in [6.45, 7) is 0.0375. The topological polar surface area (TPSA) is 107 Å². The Morgan fingerprint density at radius 2 is 1.88 bits per heavy atom. The lowest BCUT2D eigenvalue weighted by Crippen LogP contribution is -2.18. The van der Waals surface area contributed by atoms with E-state index >= 15 is 0 Å². The second kappa shape index (κ2) is 11.9. The Labute approximate surface area is 200 Å². The number of ketones is 1. The summed E-state index contributed by atoms with van der Waals surface area (Å²) < 4.78 is 11.4. The summed E-state index contributed by atoms with van der Waals surface area (Å²) in [5.74, 6) is -0.981. The molecule has 1 saturated heterocycles. The standard InChI is InChI=1S/C24H23ClO7S/c25-17-4-1-3-16(12-17)20(32-23(29)6-2-5-22(27)28)14-31-18-9-7-15(8-10-18)11-21-19(26)13-24(30)33-21/h1,3-4,7-10,12,20-21H,2,5-6,11,13-14H2,(H,27,28)/t20-,21?/m1/s1. The summed E-state index contributed by atoms with van der Waals surface area (Å²) >= 11 is 7.16. The fourth-order valence-electron chi connectivity index (χ4n) is 3.29. The number of aliphatic carboxylic acids is 1. The first-order valence-electron chi connectivity index (χ1n) is 10.4. The molecule has 3 rings (SSSR count). The summed E-state index contributed by atoms with van der Waals surface area (Å²) in [7, 11) is 0. The van der Waals surface area contributed by atoms with Crippen LogP contribution in [0, 0.1) is 0 Å². The summed E-state index contributed by atoms with van der Waals surface area (Å²) in [6.07, 6.45) is -0.187. The molecule has 2 aromatic rings. The minimum absolute atomic E-state index is 0.00353. The minimum atomic E-state index is -0.969. The third-order valence-electron chi connectivity index (χ3n) is 4.96. The molecule has 33 heavy (non-hydrogen) atoms. The quantitative estimate of drug-likeness (QED) is 0.365. The van der Waals surface area contributed by atoms with Crippen LogP contribution in [0.1, 0.15) is 42.9 Å². The van der Waals surface area contributed by atoms with Crippen molar-refractivity contribution >= 4 is 46.2 Å². The highest BCUT2D eigenvalue weighted by atomic mass is 35.5. The van der Waals surface area contributed by atoms with Gasteiger partial charge >= 0.3 is 11.9 Å². The Bertz CT molecular complexity index is 1020. The Morgan fingerprint density at radius 1 is 1.12 bits per heavy atom. The molecule has 174 valence electrons. The number of Topliss-reactive ketones (excluding diaryl/α,β-unsaturated/α-hetero) is 1. The van der Waals surface area contributed by atoms with Crippen molar-refractivity contribution in [3.05, 3.63) is 64.7 Å². The van der Waals surface area contributed by atoms with Gasteiger partial charge in [0.05, 0.1) is 11.7 Å². The lowest BCUT2D eigenvalue weighted by Gasteiger charge is -2.19. The van der Waals surface area contributed by atoms with Crippen LogP contribution in [0.4, 0.5) is 0 Å². The van der Waals surface area contributed by atoms with Crippen LogP contribution in [-0.2, 0) is 30.3 Å². The average Bonchev–Trinajstić information content (AvgIpc) is 3.08. The molecular formula is C24H23ClO7S. The fourth-order valence-corrected chi connectivity index (χ4v) is 4.52. The maximum atomic E-state index is 12.2. The molecule has 2 aromatic carbocycles. The van der Waals surface area contributed by atoms with Gasteiger partial charge in [0.1, 0.15) is 12.4 Å². The third kappa shape index (κ3) is 7.91. The van der Waals surface area contributed by atoms with E-state index in [-0.39, 0.29) is 48.4 Å². The first-order chi connectivity index (χ1) is 15.8. The maximum absolute atomic E-state index is 12.2. The number of halogens is 1. The van der Waals surface area contributed by atoms with E-state index in [1.54, 1.807) is 36.4 Å². The van der Waals surface area contributed by atoms with Crippen molar-refractivity contribution in [3.63, 3.8) is 0 Å². The van der Waals surface area contributed by atoms with E-state index in [0.717, 1.165) is 17.3 Å². The predicted octanol–water partition coefficient (Wildman–Crippen LogP) is 4.40. The van der Waals surface area contributed by atoms with Crippen LogP contribution in [0.25, 0.3) is 0 Å². The van der Waals surface area contributed by atoms with E-state index in [0.29, 0.717) is 22.8 Å². The second-order valence-electron chi connectivity index (χ2n) is 7.56. The van der Waals surface area contributed by atoms with Crippen molar-refractivity contribution in [3.8, 4) is 5.75 Å². The Morgan fingerprint density at radius 3 is 2.52 bits per heavy atom. The molecule has 7 nitrogen and oxygen atoms in total. The number of esters is 1. The van der Waals surface area contributed by atoms with E-state index in [2.05, 4.69) is 0 Å². The first-order valence-corrected chi connectivity index (χ1v) is 11.7. The molecule has 9 heteroatoms. The van der Waals surface area contributed by atoms with Gasteiger partial charge in [-0.3, -0.25) is 19.2 Å². The lowest BCUT2D eigenvalue weighted by atomic mass is 10.1. The van der Waals surface area contributed by atoms with E-state index in [1.807, 2.05) is 12.1 Å². The molecule has 0 aliphatic carbocycles. The van der Waals surface area contributed by atoms with Gasteiger partial charge in [0, 0.05) is 17.9 Å². The minimum Gasteiger partial charge on any atom is -0.489 e. The molecule has 0 radical (unpaired) electrons. The smallest absolute Gasteiger partial charge is 0.306 e. The van der Waals surface area contributed by atoms with Gasteiger partial charge in [-0.05, 0) is 48.2 Å². The summed E-state index contributed by atoms with van der Waals surface area (Å²) in [4.78, 5) is 46.1. The van der Waals surface area contributed by atoms with Gasteiger partial charge < -0.3 is 14.6 Å². The number of hydrogen-bond donors (Lipinski definition) is 1. The second-order valence-corrected chi connectivity index (χ2v) is 9.26. The van der Waals surface area contributed by atoms with Crippen molar-refractivity contribution in [1.82, 2.24) is 0 Å². The highest BCUT2D eigenvalue weighted by molar-refractivity contribution is 8.15. The summed E-state index contributed by atoms with van der Waals surface area (Å²) in [6, 6.07) is 14.1. The Kier molecular flexibility index (Phi) is 8.91. The molecule has 0 saturated carbocycles. The number of carbonyl (C=O) groups excluding carboxylic acids is 3. The van der Waals surface area contributed by atoms with Crippen LogP contribution in [0.3, 0.4) is 0 Å². The van der Waals surface area contributed by atoms with Gasteiger partial charge in [0.2, 0.25) is 0 Å². The number of thioether (sulfide) groups is 1. The highest BCUT2D eigenvalue weighted by Crippen LogP contribution is 2.29. The van der Waals surface area contributed by atoms with Gasteiger partial charge in [-0.25, -0.2) is 0 Å². The van der Waals surface area contributed by atoms with E-state index in [1.165, 1.54) is 0 Å². The number of ether oxygens (including phenoxy) is 2. The van der Waals surface area contributed by atoms with Crippen molar-refractivity contribution in [2.45, 2.75) is 43.5 Å². The molecular weight excluding hydrogens is 468 g/mol. The Balaban J connectivity index is 1.60. The van der Waals surface area contributed by atoms with Crippen molar-refractivity contribution < 1.29 is 33.8 Å². The summed E-state index contributed by atoms with van der Waals surface area (Å²) in [5.41, 5.74) is 1.58. The van der Waals surface area contributed by atoms with Crippen molar-refractivity contribution in [1.29, 1.82) is 0 Å². The van der Waals surface area contributed by atoms with Crippen LogP contribution < -0.4 is 4.74 Å². The van der Waals surface area contributed by atoms with E-state index in [9.17, 15) is 19.2 Å². The summed E-state index contributed by atoms with van der Waals surface area (Å²) in [5, 5.41) is 8.79. The first kappa shape index (κ1) is 24.8. The highest BCUT2D eigenvalue weighted by Gasteiger charge is 2.31. The molecule has 1 unspecified atom stereocenters. The normalized spacial score (nSPS) is 16.5. The number of hydrogen-bond acceptors (Lipinski definition) is 7. The fraction of sp³-hybridized carbons (Fsp3) is 0.333. The van der Waals surface area contributed by atoms with Crippen LogP contribution >= 0.6 is 23.4 Å². The van der Waals surface area contributed by atoms with Crippen LogP contribution in [0.15, 0.2) is 48.5 Å². The molecule has 2 atom stereocenters. The molecule has 1 heterocycles. The Hall–Kier alpha value is -2.84. The molecule has 0 bridgehead atoms. The number of carbonyl (C=O) groups is 4. The SMILES string of the molecule is O=C(O)CCCC(=O)O[C@H](COc1ccc(CC2SC(=O)CC2=O)cc1)c1cccc(Cl)c1. The van der Waals surface area contributed by atoms with Crippen molar-refractivity contribution in [2.24, 2.45) is 0 Å². The molecule has 0 aromatic heterocycles. The monoisotopic (exact) mass is 490 g/mol. The molecule has 1 aliphatic heterocycles. The van der Waals surface area contributed by atoms with Crippen LogP contribution in [0.5, 0.6) is 5.75 Å². The molecule has 1 aliphatic rings. The maximum Gasteiger partial charge on any atom is 0.306 e. The molecule has 0 amide bonds. The number of carboxylic acid groups (broad SMARTS) is 1. The predicted molar refractivity (Wildman–Crippen MR) is 123 cm³/mol. The number of benzene rings is 2. The van der Waals surface area contributed by atoms with Gasteiger partial charge in [0.25, 0.3) is 0 Å².